The number of carbonyl (C=O) groups is 4. The van der Waals surface area contributed by atoms with Gasteiger partial charge in [0.25, 0.3) is 15.9 Å². The minimum absolute atomic E-state index is 0.0170. The van der Waals surface area contributed by atoms with E-state index < -0.39 is 40.6 Å². The Balaban J connectivity index is 1.29. The van der Waals surface area contributed by atoms with E-state index in [2.05, 4.69) is 10.6 Å². The second kappa shape index (κ2) is 11.3. The SMILES string of the molecule is O=C(CCNC(=O)OCc1ccccc1)NCCC(=O)OCN1C(=O)c2ccccc2S1(=O)=O. The van der Waals surface area contributed by atoms with Crippen LogP contribution in [-0.2, 0) is 35.7 Å². The van der Waals surface area contributed by atoms with Gasteiger partial charge in [-0.25, -0.2) is 13.2 Å². The molecule has 0 saturated carbocycles. The lowest BCUT2D eigenvalue weighted by Crippen LogP contribution is -2.34. The number of carbonyl (C=O) groups excluding carboxylic acids is 4. The summed E-state index contributed by atoms with van der Waals surface area (Å²) in [6.07, 6.45) is -0.921. The molecule has 1 aliphatic rings. The minimum atomic E-state index is -4.07. The highest BCUT2D eigenvalue weighted by atomic mass is 32.2. The summed E-state index contributed by atoms with van der Waals surface area (Å²) in [6, 6.07) is 14.8. The molecule has 0 bridgehead atoms. The van der Waals surface area contributed by atoms with Gasteiger partial charge in [-0.1, -0.05) is 42.5 Å². The fraction of sp³-hybridized carbons (Fsp3) is 0.273. The molecule has 3 amide bonds. The van der Waals surface area contributed by atoms with E-state index in [1.54, 1.807) is 0 Å². The number of nitrogens with zero attached hydrogens (tertiary/aromatic N) is 1. The first-order valence-corrected chi connectivity index (χ1v) is 11.8. The van der Waals surface area contributed by atoms with E-state index in [0.717, 1.165) is 5.56 Å². The van der Waals surface area contributed by atoms with E-state index in [1.165, 1.54) is 24.3 Å². The zero-order valence-electron chi connectivity index (χ0n) is 18.1. The average molecular weight is 490 g/mol. The van der Waals surface area contributed by atoms with Crippen molar-refractivity contribution in [2.24, 2.45) is 0 Å². The van der Waals surface area contributed by atoms with Crippen molar-refractivity contribution in [3.63, 3.8) is 0 Å². The quantitative estimate of drug-likeness (QED) is 0.472. The number of esters is 1. The zero-order chi connectivity index (χ0) is 24.6. The summed E-state index contributed by atoms with van der Waals surface area (Å²) in [4.78, 5) is 47.4. The third-order valence-corrected chi connectivity index (χ3v) is 6.50. The van der Waals surface area contributed by atoms with Gasteiger partial charge in [-0.3, -0.25) is 14.4 Å². The lowest BCUT2D eigenvalue weighted by Gasteiger charge is -2.15. The van der Waals surface area contributed by atoms with Gasteiger partial charge in [-0.15, -0.1) is 0 Å². The summed E-state index contributed by atoms with van der Waals surface area (Å²) in [5, 5.41) is 4.93. The first-order chi connectivity index (χ1) is 16.3. The molecule has 1 aliphatic heterocycles. The van der Waals surface area contributed by atoms with Crippen molar-refractivity contribution < 1.29 is 37.1 Å². The highest BCUT2D eigenvalue weighted by Gasteiger charge is 2.41. The Bertz CT molecular complexity index is 1170. The fourth-order valence-corrected chi connectivity index (χ4v) is 4.44. The first kappa shape index (κ1) is 24.7. The third-order valence-electron chi connectivity index (χ3n) is 4.74. The van der Waals surface area contributed by atoms with Gasteiger partial charge in [0.15, 0.2) is 6.73 Å². The summed E-state index contributed by atoms with van der Waals surface area (Å²) in [5.41, 5.74) is 0.849. The number of amides is 3. The highest BCUT2D eigenvalue weighted by Crippen LogP contribution is 2.29. The maximum atomic E-state index is 12.4. The number of nitrogens with one attached hydrogen (secondary N) is 2. The maximum Gasteiger partial charge on any atom is 0.407 e. The largest absolute Gasteiger partial charge is 0.445 e. The Morgan fingerprint density at radius 2 is 1.53 bits per heavy atom. The average Bonchev–Trinajstić information content (AvgIpc) is 3.02. The van der Waals surface area contributed by atoms with Crippen LogP contribution in [-0.4, -0.2) is 56.4 Å². The van der Waals surface area contributed by atoms with Gasteiger partial charge in [0.1, 0.15) is 11.5 Å². The topological polar surface area (TPSA) is 148 Å². The summed E-state index contributed by atoms with van der Waals surface area (Å²) < 4.78 is 35.2. The van der Waals surface area contributed by atoms with Crippen LogP contribution in [0.15, 0.2) is 59.5 Å². The van der Waals surface area contributed by atoms with Crippen molar-refractivity contribution in [3.8, 4) is 0 Å². The molecule has 0 aliphatic carbocycles. The molecule has 180 valence electrons. The molecule has 12 heteroatoms. The monoisotopic (exact) mass is 489 g/mol. The summed E-state index contributed by atoms with van der Waals surface area (Å²) >= 11 is 0. The molecule has 0 spiro atoms. The van der Waals surface area contributed by atoms with Gasteiger partial charge in [0.05, 0.1) is 12.0 Å². The highest BCUT2D eigenvalue weighted by molar-refractivity contribution is 7.90. The Kier molecular flexibility index (Phi) is 8.19. The molecule has 0 radical (unpaired) electrons. The molecule has 2 N–H and O–H groups in total. The van der Waals surface area contributed by atoms with Crippen LogP contribution >= 0.6 is 0 Å². The van der Waals surface area contributed by atoms with E-state index in [-0.39, 0.29) is 43.0 Å². The number of sulfonamides is 1. The molecule has 2 aromatic carbocycles. The molecular weight excluding hydrogens is 466 g/mol. The number of alkyl carbamates (subject to hydrolysis) is 1. The number of rotatable bonds is 10. The predicted octanol–water partition coefficient (Wildman–Crippen LogP) is 1.15. The Morgan fingerprint density at radius 1 is 0.853 bits per heavy atom. The van der Waals surface area contributed by atoms with Crippen molar-refractivity contribution in [2.75, 3.05) is 19.8 Å². The van der Waals surface area contributed by atoms with Crippen LogP contribution in [0, 0.1) is 0 Å². The second-order valence-corrected chi connectivity index (χ2v) is 8.97. The minimum Gasteiger partial charge on any atom is -0.445 e. The van der Waals surface area contributed by atoms with Gasteiger partial charge in [-0.2, -0.15) is 4.31 Å². The fourth-order valence-electron chi connectivity index (χ4n) is 3.01. The zero-order valence-corrected chi connectivity index (χ0v) is 18.9. The Morgan fingerprint density at radius 3 is 2.26 bits per heavy atom. The van der Waals surface area contributed by atoms with Gasteiger partial charge >= 0.3 is 12.1 Å². The van der Waals surface area contributed by atoms with Crippen molar-refractivity contribution in [1.29, 1.82) is 0 Å². The standard InChI is InChI=1S/C22H23N3O8S/c26-19(10-12-24-22(29)32-14-16-6-2-1-3-7-16)23-13-11-20(27)33-15-25-21(28)17-8-4-5-9-18(17)34(25,30)31/h1-9H,10-15H2,(H,23,26)(H,24,29). The van der Waals surface area contributed by atoms with Gasteiger partial charge in [-0.05, 0) is 17.7 Å². The van der Waals surface area contributed by atoms with Gasteiger partial charge in [0.2, 0.25) is 5.91 Å². The van der Waals surface area contributed by atoms with Crippen molar-refractivity contribution in [2.45, 2.75) is 24.3 Å². The normalized spacial score (nSPS) is 13.6. The van der Waals surface area contributed by atoms with Crippen LogP contribution in [0.2, 0.25) is 0 Å². The lowest BCUT2D eigenvalue weighted by molar-refractivity contribution is -0.145. The smallest absolute Gasteiger partial charge is 0.407 e. The molecule has 0 fully saturated rings. The summed E-state index contributed by atoms with van der Waals surface area (Å²) in [7, 11) is -4.07. The van der Waals surface area contributed by atoms with Gasteiger partial charge in [0, 0.05) is 19.5 Å². The summed E-state index contributed by atoms with van der Waals surface area (Å²) in [5.74, 6) is -1.97. The van der Waals surface area contributed by atoms with E-state index in [9.17, 15) is 27.6 Å². The molecule has 0 saturated heterocycles. The second-order valence-electron chi connectivity index (χ2n) is 7.14. The number of hydrogen-bond donors (Lipinski definition) is 2. The molecule has 1 heterocycles. The van der Waals surface area contributed by atoms with Gasteiger partial charge < -0.3 is 20.1 Å². The molecule has 11 nitrogen and oxygen atoms in total. The number of benzene rings is 2. The van der Waals surface area contributed by atoms with Crippen LogP contribution in [0.5, 0.6) is 0 Å². The number of fused-ring (bicyclic) bond motifs is 1. The Labute approximate surface area is 196 Å². The van der Waals surface area contributed by atoms with E-state index in [1.807, 2.05) is 30.3 Å². The third kappa shape index (κ3) is 6.32. The first-order valence-electron chi connectivity index (χ1n) is 10.3. The van der Waals surface area contributed by atoms with Crippen LogP contribution in [0.3, 0.4) is 0 Å². The van der Waals surface area contributed by atoms with E-state index in [0.29, 0.717) is 4.31 Å². The van der Waals surface area contributed by atoms with E-state index in [4.69, 9.17) is 9.47 Å². The predicted molar refractivity (Wildman–Crippen MR) is 118 cm³/mol. The molecule has 3 rings (SSSR count). The Hall–Kier alpha value is -3.93. The summed E-state index contributed by atoms with van der Waals surface area (Å²) in [6.45, 7) is -0.661. The van der Waals surface area contributed by atoms with Crippen molar-refractivity contribution in [3.05, 3.63) is 65.7 Å². The number of hydrogen-bond acceptors (Lipinski definition) is 8. The van der Waals surface area contributed by atoms with E-state index >= 15 is 0 Å². The molecule has 0 aromatic heterocycles. The van der Waals surface area contributed by atoms with Crippen LogP contribution in [0.25, 0.3) is 0 Å². The number of ether oxygens (including phenoxy) is 2. The molecule has 2 aromatic rings. The van der Waals surface area contributed by atoms with Crippen molar-refractivity contribution in [1.82, 2.24) is 14.9 Å². The maximum absolute atomic E-state index is 12.4. The van der Waals surface area contributed by atoms with Crippen LogP contribution in [0.1, 0.15) is 28.8 Å². The molecule has 0 unspecified atom stereocenters. The molecule has 34 heavy (non-hydrogen) atoms. The molecular formula is C22H23N3O8S. The van der Waals surface area contributed by atoms with Crippen molar-refractivity contribution >= 4 is 33.9 Å². The molecule has 0 atom stereocenters. The van der Waals surface area contributed by atoms with Crippen LogP contribution in [0.4, 0.5) is 4.79 Å². The van der Waals surface area contributed by atoms with Crippen LogP contribution < -0.4 is 10.6 Å². The lowest BCUT2D eigenvalue weighted by atomic mass is 10.2.